The maximum atomic E-state index is 11.7. The Morgan fingerprint density at radius 3 is 2.35 bits per heavy atom. The van der Waals surface area contributed by atoms with Crippen LogP contribution in [0.25, 0.3) is 0 Å². The lowest BCUT2D eigenvalue weighted by molar-refractivity contribution is -0.135. The number of nitrogens with one attached hydrogen (secondary N) is 1. The molecule has 0 aromatic heterocycles. The summed E-state index contributed by atoms with van der Waals surface area (Å²) in [6, 6.07) is -1.11. The number of sulfone groups is 1. The Labute approximate surface area is 97.5 Å². The van der Waals surface area contributed by atoms with Gasteiger partial charge < -0.3 is 11.1 Å². The van der Waals surface area contributed by atoms with Gasteiger partial charge in [-0.3, -0.25) is 4.79 Å². The molecule has 3 N–H and O–H groups in total. The Bertz CT molecular complexity index is 354. The third-order valence-corrected chi connectivity index (χ3v) is 2.82. The van der Waals surface area contributed by atoms with Gasteiger partial charge in [0.2, 0.25) is 5.91 Å². The van der Waals surface area contributed by atoms with Gasteiger partial charge in [0.25, 0.3) is 0 Å². The second-order valence-corrected chi connectivity index (χ2v) is 5.94. The van der Waals surface area contributed by atoms with Crippen LogP contribution in [0.1, 0.15) is 12.8 Å². The normalized spacial score (nSPS) is 14.4. The standard InChI is InChI=1S/C8H15F3N2O3S/c1-17(15,16)5-2-6(12)7(14)13-4-3-8(9,10)11/h6H,2-5,12H2,1H3,(H,13,14). The molecule has 0 heterocycles. The van der Waals surface area contributed by atoms with Gasteiger partial charge in [-0.1, -0.05) is 0 Å². The summed E-state index contributed by atoms with van der Waals surface area (Å²) in [4.78, 5) is 11.1. The zero-order chi connectivity index (χ0) is 13.7. The van der Waals surface area contributed by atoms with Gasteiger partial charge in [-0.15, -0.1) is 0 Å². The van der Waals surface area contributed by atoms with Crippen LogP contribution in [-0.4, -0.2) is 45.1 Å². The van der Waals surface area contributed by atoms with Crippen LogP contribution in [0.15, 0.2) is 0 Å². The summed E-state index contributed by atoms with van der Waals surface area (Å²) in [6.45, 7) is -0.561. The van der Waals surface area contributed by atoms with Crippen LogP contribution in [0, 0.1) is 0 Å². The van der Waals surface area contributed by atoms with Crippen molar-refractivity contribution in [3.8, 4) is 0 Å². The van der Waals surface area contributed by atoms with Crippen LogP contribution >= 0.6 is 0 Å². The van der Waals surface area contributed by atoms with E-state index in [9.17, 15) is 26.4 Å². The Morgan fingerprint density at radius 1 is 1.41 bits per heavy atom. The first-order chi connectivity index (χ1) is 7.51. The predicted octanol–water partition coefficient (Wildman–Crippen LogP) is -0.183. The first kappa shape index (κ1) is 16.2. The zero-order valence-electron chi connectivity index (χ0n) is 9.25. The van der Waals surface area contributed by atoms with Crippen molar-refractivity contribution in [3.63, 3.8) is 0 Å². The zero-order valence-corrected chi connectivity index (χ0v) is 10.1. The minimum absolute atomic E-state index is 0.114. The molecule has 0 radical (unpaired) electrons. The first-order valence-corrected chi connectivity index (χ1v) is 6.85. The molecule has 1 unspecified atom stereocenters. The molecule has 0 saturated heterocycles. The highest BCUT2D eigenvalue weighted by molar-refractivity contribution is 7.90. The van der Waals surface area contributed by atoms with Crippen LogP contribution in [0.5, 0.6) is 0 Å². The summed E-state index contributed by atoms with van der Waals surface area (Å²) >= 11 is 0. The van der Waals surface area contributed by atoms with E-state index in [1.807, 2.05) is 5.32 Å². The minimum atomic E-state index is -4.34. The molecule has 1 amide bonds. The highest BCUT2D eigenvalue weighted by atomic mass is 32.2. The third kappa shape index (κ3) is 10.1. The van der Waals surface area contributed by atoms with E-state index in [1.54, 1.807) is 0 Å². The largest absolute Gasteiger partial charge is 0.390 e. The van der Waals surface area contributed by atoms with Crippen molar-refractivity contribution in [1.29, 1.82) is 0 Å². The number of halogens is 3. The van der Waals surface area contributed by atoms with Gasteiger partial charge in [0.05, 0.1) is 18.2 Å². The number of amides is 1. The molecule has 0 aromatic rings. The van der Waals surface area contributed by atoms with Crippen LogP contribution in [0.4, 0.5) is 13.2 Å². The molecule has 1 atom stereocenters. The lowest BCUT2D eigenvalue weighted by atomic mass is 10.2. The van der Waals surface area contributed by atoms with Crippen molar-refractivity contribution < 1.29 is 26.4 Å². The van der Waals surface area contributed by atoms with Gasteiger partial charge in [0, 0.05) is 12.8 Å². The third-order valence-electron chi connectivity index (χ3n) is 1.84. The molecule has 102 valence electrons. The van der Waals surface area contributed by atoms with Gasteiger partial charge in [0.1, 0.15) is 9.84 Å². The van der Waals surface area contributed by atoms with E-state index in [-0.39, 0.29) is 12.2 Å². The average molecular weight is 276 g/mol. The van der Waals surface area contributed by atoms with Gasteiger partial charge in [0.15, 0.2) is 0 Å². The summed E-state index contributed by atoms with van der Waals surface area (Å²) in [7, 11) is -3.24. The molecule has 0 spiro atoms. The van der Waals surface area contributed by atoms with Crippen molar-refractivity contribution in [2.45, 2.75) is 25.1 Å². The Balaban J connectivity index is 3.91. The van der Waals surface area contributed by atoms with Gasteiger partial charge in [-0.25, -0.2) is 8.42 Å². The fourth-order valence-electron chi connectivity index (χ4n) is 0.931. The summed E-state index contributed by atoms with van der Waals surface area (Å²) in [5.74, 6) is -1.06. The van der Waals surface area contributed by atoms with Gasteiger partial charge in [-0.05, 0) is 6.42 Å². The maximum Gasteiger partial charge on any atom is 0.390 e. The monoisotopic (exact) mass is 276 g/mol. The number of hydrogen-bond acceptors (Lipinski definition) is 4. The van der Waals surface area contributed by atoms with Gasteiger partial charge in [-0.2, -0.15) is 13.2 Å². The van der Waals surface area contributed by atoms with Crippen molar-refractivity contribution >= 4 is 15.7 Å². The average Bonchev–Trinajstić information content (AvgIpc) is 2.10. The van der Waals surface area contributed by atoms with Crippen molar-refractivity contribution in [2.24, 2.45) is 5.73 Å². The Kier molecular flexibility index (Phi) is 5.89. The van der Waals surface area contributed by atoms with Crippen molar-refractivity contribution in [1.82, 2.24) is 5.32 Å². The fraction of sp³-hybridized carbons (Fsp3) is 0.875. The minimum Gasteiger partial charge on any atom is -0.354 e. The molecule has 0 aliphatic heterocycles. The highest BCUT2D eigenvalue weighted by Crippen LogP contribution is 2.18. The molecule has 9 heteroatoms. The van der Waals surface area contributed by atoms with E-state index in [0.29, 0.717) is 0 Å². The second-order valence-electron chi connectivity index (χ2n) is 3.68. The van der Waals surface area contributed by atoms with E-state index >= 15 is 0 Å². The number of rotatable bonds is 6. The summed E-state index contributed by atoms with van der Waals surface area (Å²) in [5.41, 5.74) is 5.32. The Hall–Kier alpha value is -0.830. The van der Waals surface area contributed by atoms with Crippen LogP contribution in [0.3, 0.4) is 0 Å². The molecule has 0 bridgehead atoms. The van der Waals surface area contributed by atoms with Gasteiger partial charge >= 0.3 is 6.18 Å². The maximum absolute atomic E-state index is 11.7. The molecular weight excluding hydrogens is 261 g/mol. The Morgan fingerprint density at radius 2 is 1.94 bits per heavy atom. The van der Waals surface area contributed by atoms with Crippen LogP contribution in [0.2, 0.25) is 0 Å². The molecule has 0 aliphatic rings. The van der Waals surface area contributed by atoms with E-state index in [4.69, 9.17) is 5.73 Å². The molecule has 0 rings (SSSR count). The molecular formula is C8H15F3N2O3S. The lowest BCUT2D eigenvalue weighted by Gasteiger charge is -2.12. The molecule has 0 fully saturated rings. The van der Waals surface area contributed by atoms with Crippen LogP contribution in [-0.2, 0) is 14.6 Å². The topological polar surface area (TPSA) is 89.3 Å². The first-order valence-electron chi connectivity index (χ1n) is 4.79. The molecule has 0 aliphatic carbocycles. The summed E-state index contributed by atoms with van der Waals surface area (Å²) < 4.78 is 56.8. The van der Waals surface area contributed by atoms with Crippen molar-refractivity contribution in [2.75, 3.05) is 18.6 Å². The predicted molar refractivity (Wildman–Crippen MR) is 56.0 cm³/mol. The van der Waals surface area contributed by atoms with E-state index < -0.39 is 40.9 Å². The fourth-order valence-corrected chi connectivity index (χ4v) is 1.61. The molecule has 5 nitrogen and oxygen atoms in total. The lowest BCUT2D eigenvalue weighted by Crippen LogP contribution is -2.42. The number of hydrogen-bond donors (Lipinski definition) is 2. The smallest absolute Gasteiger partial charge is 0.354 e. The highest BCUT2D eigenvalue weighted by Gasteiger charge is 2.27. The molecule has 17 heavy (non-hydrogen) atoms. The molecule has 0 aromatic carbocycles. The van der Waals surface area contributed by atoms with E-state index in [1.165, 1.54) is 0 Å². The summed E-state index contributed by atoms with van der Waals surface area (Å²) in [5, 5.41) is 2.00. The summed E-state index contributed by atoms with van der Waals surface area (Å²) in [6.07, 6.45) is -4.61. The molecule has 0 saturated carbocycles. The van der Waals surface area contributed by atoms with E-state index in [0.717, 1.165) is 6.26 Å². The number of nitrogens with two attached hydrogens (primary N) is 1. The van der Waals surface area contributed by atoms with E-state index in [2.05, 4.69) is 0 Å². The number of carbonyl (C=O) groups is 1. The van der Waals surface area contributed by atoms with Crippen LogP contribution < -0.4 is 11.1 Å². The number of carbonyl (C=O) groups excluding carboxylic acids is 1. The second kappa shape index (κ2) is 6.20. The SMILES string of the molecule is CS(=O)(=O)CCC(N)C(=O)NCCC(F)(F)F. The quantitative estimate of drug-likeness (QED) is 0.704. The number of alkyl halides is 3. The van der Waals surface area contributed by atoms with Crippen molar-refractivity contribution in [3.05, 3.63) is 0 Å².